The number of hydrogen-bond acceptors (Lipinski definition) is 5. The molecule has 0 spiro atoms. The van der Waals surface area contributed by atoms with Gasteiger partial charge in [0, 0.05) is 10.9 Å². The monoisotopic (exact) mass is 364 g/mol. The van der Waals surface area contributed by atoms with Crippen LogP contribution in [0.15, 0.2) is 22.7 Å². The second kappa shape index (κ2) is 5.84. The molecule has 0 N–H and O–H groups in total. The van der Waals surface area contributed by atoms with Gasteiger partial charge in [-0.05, 0) is 11.6 Å². The van der Waals surface area contributed by atoms with Gasteiger partial charge >= 0.3 is 18.0 Å². The summed E-state index contributed by atoms with van der Waals surface area (Å²) in [6.45, 7) is 0. The number of ether oxygens (including phenoxy) is 1. The van der Waals surface area contributed by atoms with Gasteiger partial charge in [0.05, 0.1) is 12.7 Å². The van der Waals surface area contributed by atoms with E-state index >= 15 is 0 Å². The predicted octanol–water partition coefficient (Wildman–Crippen LogP) is 3.44. The van der Waals surface area contributed by atoms with Crippen molar-refractivity contribution in [2.75, 3.05) is 7.11 Å². The molecular formula is C12H8BrF3N2O3. The molecule has 1 heterocycles. The first-order valence-corrected chi connectivity index (χ1v) is 6.67. The summed E-state index contributed by atoms with van der Waals surface area (Å²) in [5.74, 6) is -2.30. The Hall–Kier alpha value is -1.90. The Morgan fingerprint density at radius 2 is 2.14 bits per heavy atom. The third-order valence-corrected chi connectivity index (χ3v) is 3.19. The van der Waals surface area contributed by atoms with Crippen LogP contribution >= 0.6 is 15.9 Å². The summed E-state index contributed by atoms with van der Waals surface area (Å²) in [4.78, 5) is 14.9. The largest absolute Gasteiger partial charge is 0.471 e. The minimum Gasteiger partial charge on any atom is -0.465 e. The van der Waals surface area contributed by atoms with Crippen molar-refractivity contribution < 1.29 is 27.2 Å². The van der Waals surface area contributed by atoms with E-state index in [1.165, 1.54) is 19.2 Å². The molecule has 0 radical (unpaired) electrons. The van der Waals surface area contributed by atoms with Gasteiger partial charge in [-0.1, -0.05) is 33.2 Å². The minimum atomic E-state index is -4.72. The molecule has 2 rings (SSSR count). The van der Waals surface area contributed by atoms with Crippen molar-refractivity contribution in [1.82, 2.24) is 10.1 Å². The molecule has 0 aliphatic rings. The third-order valence-electron chi connectivity index (χ3n) is 2.59. The van der Waals surface area contributed by atoms with Gasteiger partial charge in [0.2, 0.25) is 5.82 Å². The maximum Gasteiger partial charge on any atom is 0.471 e. The van der Waals surface area contributed by atoms with Crippen molar-refractivity contribution in [3.05, 3.63) is 35.2 Å². The van der Waals surface area contributed by atoms with Crippen LogP contribution in [0.1, 0.15) is 21.8 Å². The molecule has 112 valence electrons. The summed E-state index contributed by atoms with van der Waals surface area (Å²) in [6, 6.07) is 4.42. The number of esters is 1. The van der Waals surface area contributed by atoms with Crippen molar-refractivity contribution in [1.29, 1.82) is 0 Å². The molecule has 2 aromatic rings. The highest BCUT2D eigenvalue weighted by Gasteiger charge is 2.38. The second-order valence-electron chi connectivity index (χ2n) is 3.92. The third kappa shape index (κ3) is 3.23. The number of hydrogen-bond donors (Lipinski definition) is 0. The van der Waals surface area contributed by atoms with Crippen LogP contribution in [0.4, 0.5) is 13.2 Å². The van der Waals surface area contributed by atoms with Crippen LogP contribution in [0.3, 0.4) is 0 Å². The van der Waals surface area contributed by atoms with Crippen LogP contribution in [-0.4, -0.2) is 23.2 Å². The highest BCUT2D eigenvalue weighted by Crippen LogP contribution is 2.30. The lowest BCUT2D eigenvalue weighted by Gasteiger charge is -2.06. The Labute approximate surface area is 125 Å². The standard InChI is InChI=1S/C12H8BrF3N2O3/c1-20-10(19)8-4-6(2-3-7(8)5-13)9-17-11(21-18-9)12(14,15)16/h2-4H,5H2,1H3. The van der Waals surface area contributed by atoms with E-state index in [2.05, 4.69) is 35.3 Å². The Morgan fingerprint density at radius 3 is 2.67 bits per heavy atom. The average molecular weight is 365 g/mol. The number of carbonyl (C=O) groups excluding carboxylic acids is 1. The maximum absolute atomic E-state index is 12.4. The smallest absolute Gasteiger partial charge is 0.465 e. The zero-order valence-corrected chi connectivity index (χ0v) is 12.2. The topological polar surface area (TPSA) is 65.2 Å². The number of halogens is 4. The summed E-state index contributed by atoms with van der Waals surface area (Å²) >= 11 is 3.21. The van der Waals surface area contributed by atoms with E-state index < -0.39 is 18.0 Å². The fraction of sp³-hybridized carbons (Fsp3) is 0.250. The van der Waals surface area contributed by atoms with Crippen molar-refractivity contribution in [3.8, 4) is 11.4 Å². The molecule has 1 aromatic carbocycles. The van der Waals surface area contributed by atoms with Crippen molar-refractivity contribution in [2.45, 2.75) is 11.5 Å². The fourth-order valence-corrected chi connectivity index (χ4v) is 2.08. The number of rotatable bonds is 3. The lowest BCUT2D eigenvalue weighted by molar-refractivity contribution is -0.159. The van der Waals surface area contributed by atoms with Gasteiger partial charge in [0.1, 0.15) is 0 Å². The number of carbonyl (C=O) groups is 1. The van der Waals surface area contributed by atoms with Crippen molar-refractivity contribution >= 4 is 21.9 Å². The van der Waals surface area contributed by atoms with Gasteiger partial charge in [-0.2, -0.15) is 18.2 Å². The number of nitrogens with zero attached hydrogens (tertiary/aromatic N) is 2. The first-order chi connectivity index (χ1) is 9.86. The van der Waals surface area contributed by atoms with Crippen molar-refractivity contribution in [2.24, 2.45) is 0 Å². The van der Waals surface area contributed by atoms with Gasteiger partial charge in [-0.25, -0.2) is 4.79 Å². The van der Waals surface area contributed by atoms with Gasteiger partial charge < -0.3 is 9.26 Å². The van der Waals surface area contributed by atoms with Crippen LogP contribution in [-0.2, 0) is 16.2 Å². The lowest BCUT2D eigenvalue weighted by atomic mass is 10.0. The molecule has 0 saturated carbocycles. The van der Waals surface area contributed by atoms with E-state index in [1.807, 2.05) is 0 Å². The van der Waals surface area contributed by atoms with E-state index in [0.29, 0.717) is 10.9 Å². The molecule has 1 aromatic heterocycles. The highest BCUT2D eigenvalue weighted by atomic mass is 79.9. The molecule has 9 heteroatoms. The molecule has 0 amide bonds. The first kappa shape index (κ1) is 15.5. The number of alkyl halides is 4. The maximum atomic E-state index is 12.4. The minimum absolute atomic E-state index is 0.213. The van der Waals surface area contributed by atoms with Gasteiger partial charge in [-0.3, -0.25) is 0 Å². The predicted molar refractivity (Wildman–Crippen MR) is 68.7 cm³/mol. The Kier molecular flexibility index (Phi) is 4.31. The molecule has 0 bridgehead atoms. The Morgan fingerprint density at radius 1 is 1.43 bits per heavy atom. The number of aromatic nitrogens is 2. The molecule has 0 saturated heterocycles. The molecule has 21 heavy (non-hydrogen) atoms. The summed E-state index contributed by atoms with van der Waals surface area (Å²) in [5.41, 5.74) is 1.06. The van der Waals surface area contributed by atoms with Crippen LogP contribution < -0.4 is 0 Å². The fourth-order valence-electron chi connectivity index (χ4n) is 1.59. The normalized spacial score (nSPS) is 11.5. The summed E-state index contributed by atoms with van der Waals surface area (Å²) in [7, 11) is 1.21. The SMILES string of the molecule is COC(=O)c1cc(-c2noc(C(F)(F)F)n2)ccc1CBr. The molecule has 0 atom stereocenters. The van der Waals surface area contributed by atoms with Gasteiger partial charge in [0.25, 0.3) is 0 Å². The number of methoxy groups -OCH3 is 1. The van der Waals surface area contributed by atoms with Crippen LogP contribution in [0.2, 0.25) is 0 Å². The highest BCUT2D eigenvalue weighted by molar-refractivity contribution is 9.08. The Balaban J connectivity index is 2.45. The van der Waals surface area contributed by atoms with Gasteiger partial charge in [-0.15, -0.1) is 0 Å². The summed E-state index contributed by atoms with van der Waals surface area (Å²) in [6.07, 6.45) is -4.72. The second-order valence-corrected chi connectivity index (χ2v) is 4.48. The molecule has 5 nitrogen and oxygen atoms in total. The summed E-state index contributed by atoms with van der Waals surface area (Å²) < 4.78 is 46.0. The lowest BCUT2D eigenvalue weighted by Crippen LogP contribution is -2.06. The van der Waals surface area contributed by atoms with Crippen LogP contribution in [0.5, 0.6) is 0 Å². The molecule has 0 unspecified atom stereocenters. The molecule has 0 aliphatic carbocycles. The Bertz CT molecular complexity index is 670. The van der Waals surface area contributed by atoms with E-state index in [-0.39, 0.29) is 17.0 Å². The van der Waals surface area contributed by atoms with Gasteiger partial charge in [0.15, 0.2) is 0 Å². The average Bonchev–Trinajstić information content (AvgIpc) is 2.95. The number of benzene rings is 1. The molecular weight excluding hydrogens is 357 g/mol. The van der Waals surface area contributed by atoms with E-state index in [0.717, 1.165) is 0 Å². The van der Waals surface area contributed by atoms with Crippen molar-refractivity contribution in [3.63, 3.8) is 0 Å². The molecule has 0 fully saturated rings. The quantitative estimate of drug-likeness (QED) is 0.616. The molecule has 0 aliphatic heterocycles. The summed E-state index contributed by atoms with van der Waals surface area (Å²) in [5, 5.41) is 3.65. The van der Waals surface area contributed by atoms with Crippen LogP contribution in [0.25, 0.3) is 11.4 Å². The van der Waals surface area contributed by atoms with Crippen LogP contribution in [0, 0.1) is 0 Å². The zero-order chi connectivity index (χ0) is 15.6. The first-order valence-electron chi connectivity index (χ1n) is 5.55. The van der Waals surface area contributed by atoms with E-state index in [4.69, 9.17) is 0 Å². The van der Waals surface area contributed by atoms with E-state index in [1.54, 1.807) is 6.07 Å². The van der Waals surface area contributed by atoms with E-state index in [9.17, 15) is 18.0 Å². The zero-order valence-electron chi connectivity index (χ0n) is 10.6.